The fourth-order valence-electron chi connectivity index (χ4n) is 2.10. The second-order valence-electron chi connectivity index (χ2n) is 4.77. The number of thioether (sulfide) groups is 1. The molecule has 0 amide bonds. The molecule has 7 heteroatoms. The molecule has 0 saturated carbocycles. The van der Waals surface area contributed by atoms with Gasteiger partial charge in [0.15, 0.2) is 0 Å². The Bertz CT molecular complexity index is 540. The number of hydrogen-bond donors (Lipinski definition) is 3. The van der Waals surface area contributed by atoms with Gasteiger partial charge in [0, 0.05) is 17.9 Å². The third-order valence-corrected chi connectivity index (χ3v) is 5.13. The SMILES string of the molecule is Nc1cc(NCC2CCSCC2)cc(S(N)(=O)=O)c1. The molecule has 0 spiro atoms. The second-order valence-corrected chi connectivity index (χ2v) is 7.56. The maximum atomic E-state index is 11.3. The summed E-state index contributed by atoms with van der Waals surface area (Å²) in [5.74, 6) is 3.04. The maximum absolute atomic E-state index is 11.3. The van der Waals surface area contributed by atoms with Crippen molar-refractivity contribution < 1.29 is 8.42 Å². The Labute approximate surface area is 118 Å². The number of nitrogens with two attached hydrogens (primary N) is 2. The van der Waals surface area contributed by atoms with Crippen molar-refractivity contribution in [1.29, 1.82) is 0 Å². The van der Waals surface area contributed by atoms with E-state index in [1.807, 2.05) is 11.8 Å². The molecule has 2 rings (SSSR count). The summed E-state index contributed by atoms with van der Waals surface area (Å²) in [7, 11) is -3.71. The van der Waals surface area contributed by atoms with E-state index < -0.39 is 10.0 Å². The summed E-state index contributed by atoms with van der Waals surface area (Å²) in [6.45, 7) is 0.841. The first-order valence-corrected chi connectivity index (χ1v) is 8.90. The molecule has 1 heterocycles. The minimum atomic E-state index is -3.71. The Morgan fingerprint density at radius 2 is 1.95 bits per heavy atom. The van der Waals surface area contributed by atoms with Gasteiger partial charge < -0.3 is 11.1 Å². The van der Waals surface area contributed by atoms with E-state index in [1.165, 1.54) is 36.5 Å². The molecule has 5 nitrogen and oxygen atoms in total. The van der Waals surface area contributed by atoms with Gasteiger partial charge in [0.25, 0.3) is 0 Å². The molecule has 1 fully saturated rings. The molecule has 0 aliphatic carbocycles. The Kier molecular flexibility index (Phi) is 4.59. The molecule has 1 aliphatic rings. The zero-order valence-electron chi connectivity index (χ0n) is 10.6. The van der Waals surface area contributed by atoms with Gasteiger partial charge in [0.05, 0.1) is 4.90 Å². The van der Waals surface area contributed by atoms with Gasteiger partial charge in [0.1, 0.15) is 0 Å². The zero-order valence-corrected chi connectivity index (χ0v) is 12.3. The fraction of sp³-hybridized carbons (Fsp3) is 0.500. The number of hydrogen-bond acceptors (Lipinski definition) is 5. The largest absolute Gasteiger partial charge is 0.399 e. The highest BCUT2D eigenvalue weighted by Crippen LogP contribution is 2.24. The molecular weight excluding hydrogens is 282 g/mol. The van der Waals surface area contributed by atoms with Gasteiger partial charge in [-0.3, -0.25) is 0 Å². The predicted molar refractivity (Wildman–Crippen MR) is 80.8 cm³/mol. The summed E-state index contributed by atoms with van der Waals surface area (Å²) in [6.07, 6.45) is 2.39. The standard InChI is InChI=1S/C12H19N3O2S2/c13-10-5-11(7-12(6-10)19(14,16)17)15-8-9-1-3-18-4-2-9/h5-7,9,15H,1-4,8,13H2,(H2,14,16,17). The highest BCUT2D eigenvalue weighted by molar-refractivity contribution is 7.99. The molecule has 1 saturated heterocycles. The molecule has 0 bridgehead atoms. The average molecular weight is 301 g/mol. The summed E-state index contributed by atoms with van der Waals surface area (Å²) < 4.78 is 22.7. The Hall–Kier alpha value is -0.920. The van der Waals surface area contributed by atoms with Crippen molar-refractivity contribution in [3.8, 4) is 0 Å². The van der Waals surface area contributed by atoms with Crippen molar-refractivity contribution in [3.05, 3.63) is 18.2 Å². The van der Waals surface area contributed by atoms with E-state index in [4.69, 9.17) is 10.9 Å². The van der Waals surface area contributed by atoms with Gasteiger partial charge >= 0.3 is 0 Å². The summed E-state index contributed by atoms with van der Waals surface area (Å²) in [5.41, 5.74) is 6.81. The highest BCUT2D eigenvalue weighted by atomic mass is 32.2. The predicted octanol–water partition coefficient (Wildman–Crippen LogP) is 1.47. The third-order valence-electron chi connectivity index (χ3n) is 3.19. The molecule has 106 valence electrons. The van der Waals surface area contributed by atoms with Crippen molar-refractivity contribution in [2.45, 2.75) is 17.7 Å². The van der Waals surface area contributed by atoms with E-state index in [2.05, 4.69) is 5.32 Å². The molecule has 5 N–H and O–H groups in total. The van der Waals surface area contributed by atoms with Crippen LogP contribution >= 0.6 is 11.8 Å². The number of nitrogen functional groups attached to an aromatic ring is 1. The van der Waals surface area contributed by atoms with Crippen LogP contribution in [-0.4, -0.2) is 26.5 Å². The molecule has 0 unspecified atom stereocenters. The topological polar surface area (TPSA) is 98.2 Å². The van der Waals surface area contributed by atoms with E-state index in [-0.39, 0.29) is 4.90 Å². The van der Waals surface area contributed by atoms with E-state index in [1.54, 1.807) is 6.07 Å². The molecule has 19 heavy (non-hydrogen) atoms. The molecule has 0 radical (unpaired) electrons. The van der Waals surface area contributed by atoms with Gasteiger partial charge in [-0.2, -0.15) is 11.8 Å². The van der Waals surface area contributed by atoms with E-state index in [9.17, 15) is 8.42 Å². The lowest BCUT2D eigenvalue weighted by molar-refractivity contribution is 0.516. The lowest BCUT2D eigenvalue weighted by Crippen LogP contribution is -2.19. The summed E-state index contributed by atoms with van der Waals surface area (Å²) >= 11 is 1.98. The number of nitrogens with one attached hydrogen (secondary N) is 1. The smallest absolute Gasteiger partial charge is 0.238 e. The van der Waals surface area contributed by atoms with Gasteiger partial charge in [-0.15, -0.1) is 0 Å². The number of primary sulfonamides is 1. The van der Waals surface area contributed by atoms with Gasteiger partial charge in [-0.05, 0) is 48.5 Å². The van der Waals surface area contributed by atoms with Crippen LogP contribution in [0.4, 0.5) is 11.4 Å². The lowest BCUT2D eigenvalue weighted by atomic mass is 10.0. The van der Waals surface area contributed by atoms with E-state index in [0.717, 1.165) is 6.54 Å². The second kappa shape index (κ2) is 6.02. The maximum Gasteiger partial charge on any atom is 0.238 e. The lowest BCUT2D eigenvalue weighted by Gasteiger charge is -2.22. The van der Waals surface area contributed by atoms with Crippen LogP contribution in [0.5, 0.6) is 0 Å². The van der Waals surface area contributed by atoms with Crippen LogP contribution < -0.4 is 16.2 Å². The van der Waals surface area contributed by atoms with E-state index >= 15 is 0 Å². The molecule has 1 aliphatic heterocycles. The summed E-state index contributed by atoms with van der Waals surface area (Å²) in [6, 6.07) is 4.63. The molecule has 1 aromatic carbocycles. The number of anilines is 2. The highest BCUT2D eigenvalue weighted by Gasteiger charge is 2.14. The Balaban J connectivity index is 2.05. The van der Waals surface area contributed by atoms with E-state index in [0.29, 0.717) is 17.3 Å². The molecule has 1 aromatic rings. The number of benzene rings is 1. The van der Waals surface area contributed by atoms with Crippen LogP contribution in [0.3, 0.4) is 0 Å². The van der Waals surface area contributed by atoms with Crippen LogP contribution in [0.15, 0.2) is 23.1 Å². The van der Waals surface area contributed by atoms with Crippen LogP contribution in [0.2, 0.25) is 0 Å². The summed E-state index contributed by atoms with van der Waals surface area (Å²) in [5, 5.41) is 8.38. The van der Waals surface area contributed by atoms with Crippen LogP contribution in [0.25, 0.3) is 0 Å². The number of sulfonamides is 1. The van der Waals surface area contributed by atoms with Gasteiger partial charge in [-0.25, -0.2) is 13.6 Å². The molecular formula is C12H19N3O2S2. The quantitative estimate of drug-likeness (QED) is 0.732. The minimum Gasteiger partial charge on any atom is -0.399 e. The normalized spacial score (nSPS) is 17.3. The van der Waals surface area contributed by atoms with Crippen LogP contribution in [-0.2, 0) is 10.0 Å². The molecule has 0 aromatic heterocycles. The first-order chi connectivity index (χ1) is 8.95. The minimum absolute atomic E-state index is 0.0502. The first kappa shape index (κ1) is 14.5. The van der Waals surface area contributed by atoms with Crippen molar-refractivity contribution in [3.63, 3.8) is 0 Å². The monoisotopic (exact) mass is 301 g/mol. The summed E-state index contributed by atoms with van der Waals surface area (Å²) in [4.78, 5) is 0.0502. The Morgan fingerprint density at radius 1 is 1.26 bits per heavy atom. The Morgan fingerprint density at radius 3 is 2.58 bits per heavy atom. The molecule has 0 atom stereocenters. The van der Waals surface area contributed by atoms with Crippen LogP contribution in [0.1, 0.15) is 12.8 Å². The van der Waals surface area contributed by atoms with Crippen LogP contribution in [0, 0.1) is 5.92 Å². The first-order valence-electron chi connectivity index (χ1n) is 6.20. The van der Waals surface area contributed by atoms with Crippen molar-refractivity contribution >= 4 is 33.2 Å². The van der Waals surface area contributed by atoms with Gasteiger partial charge in [0.2, 0.25) is 10.0 Å². The van der Waals surface area contributed by atoms with Crippen molar-refractivity contribution in [1.82, 2.24) is 0 Å². The van der Waals surface area contributed by atoms with Gasteiger partial charge in [-0.1, -0.05) is 0 Å². The van der Waals surface area contributed by atoms with Crippen molar-refractivity contribution in [2.24, 2.45) is 11.1 Å². The fourth-order valence-corrected chi connectivity index (χ4v) is 3.90. The number of rotatable bonds is 4. The average Bonchev–Trinajstić information content (AvgIpc) is 2.36. The zero-order chi connectivity index (χ0) is 13.9. The van der Waals surface area contributed by atoms with Crippen molar-refractivity contribution in [2.75, 3.05) is 29.1 Å². The third kappa shape index (κ3) is 4.29.